The molecule has 0 saturated carbocycles. The summed E-state index contributed by atoms with van der Waals surface area (Å²) in [6.07, 6.45) is 7.84. The largest absolute Gasteiger partial charge is 0.351 e. The van der Waals surface area contributed by atoms with Crippen LogP contribution in [0.5, 0.6) is 0 Å². The lowest BCUT2D eigenvalue weighted by atomic mass is 10.2. The Balaban J connectivity index is 1.20. The molecule has 0 fully saturated rings. The molecule has 32 heavy (non-hydrogen) atoms. The van der Waals surface area contributed by atoms with Crippen LogP contribution in [0.1, 0.15) is 39.6 Å². The fourth-order valence-corrected chi connectivity index (χ4v) is 4.87. The van der Waals surface area contributed by atoms with Crippen LogP contribution in [0.15, 0.2) is 54.2 Å². The number of halogens is 1. The van der Waals surface area contributed by atoms with Crippen molar-refractivity contribution in [2.45, 2.75) is 32.1 Å². The van der Waals surface area contributed by atoms with Crippen LogP contribution in [0.4, 0.5) is 4.39 Å². The van der Waals surface area contributed by atoms with Crippen molar-refractivity contribution in [3.05, 3.63) is 81.9 Å². The summed E-state index contributed by atoms with van der Waals surface area (Å²) in [4.78, 5) is 21.6. The van der Waals surface area contributed by atoms with Crippen molar-refractivity contribution in [2.75, 3.05) is 6.54 Å². The van der Waals surface area contributed by atoms with Gasteiger partial charge in [0.2, 0.25) is 0 Å². The molecule has 1 aliphatic rings. The molecule has 1 N–H and O–H groups in total. The fraction of sp³-hybridized carbons (Fsp3) is 0.250. The van der Waals surface area contributed by atoms with Gasteiger partial charge in [0.25, 0.3) is 5.91 Å². The molecule has 8 heteroatoms. The predicted molar refractivity (Wildman–Crippen MR) is 122 cm³/mol. The lowest BCUT2D eigenvalue weighted by molar-refractivity contribution is 0.0947. The Bertz CT molecular complexity index is 1230. The summed E-state index contributed by atoms with van der Waals surface area (Å²) in [5.74, 6) is -0.440. The second kappa shape index (κ2) is 9.00. The number of benzene rings is 1. The highest BCUT2D eigenvalue weighted by Gasteiger charge is 2.26. The first-order valence-corrected chi connectivity index (χ1v) is 11.6. The van der Waals surface area contributed by atoms with Crippen molar-refractivity contribution in [1.82, 2.24) is 25.1 Å². The van der Waals surface area contributed by atoms with Gasteiger partial charge in [-0.05, 0) is 62.1 Å². The predicted octanol–water partition coefficient (Wildman–Crippen LogP) is 4.38. The quantitative estimate of drug-likeness (QED) is 0.427. The number of thiazole rings is 1. The lowest BCUT2D eigenvalue weighted by Gasteiger charge is -2.05. The summed E-state index contributed by atoms with van der Waals surface area (Å²) >= 11 is 1.63. The molecule has 162 valence electrons. The molecule has 1 aliphatic carbocycles. The van der Waals surface area contributed by atoms with Gasteiger partial charge in [-0.15, -0.1) is 11.3 Å². The first-order valence-electron chi connectivity index (χ1n) is 10.7. The summed E-state index contributed by atoms with van der Waals surface area (Å²) < 4.78 is 15.1. The second-order valence-corrected chi connectivity index (χ2v) is 8.68. The molecule has 6 nitrogen and oxygen atoms in total. The monoisotopic (exact) mass is 447 g/mol. The summed E-state index contributed by atoms with van der Waals surface area (Å²) in [6, 6.07) is 10.1. The average Bonchev–Trinajstić information content (AvgIpc) is 3.55. The molecule has 3 heterocycles. The zero-order valence-electron chi connectivity index (χ0n) is 17.4. The number of hydrogen-bond donors (Lipinski definition) is 1. The van der Waals surface area contributed by atoms with Crippen LogP contribution in [0.3, 0.4) is 0 Å². The van der Waals surface area contributed by atoms with Crippen molar-refractivity contribution in [1.29, 1.82) is 0 Å². The number of fused-ring (bicyclic) bond motifs is 1. The molecule has 0 radical (unpaired) electrons. The van der Waals surface area contributed by atoms with Gasteiger partial charge in [0.15, 0.2) is 5.69 Å². The standard InChI is InChI=1S/C24H22FN5OS/c25-17-6-8-18(9-7-17)30-21-4-1-3-19(21)23(29-30)24(31)27-12-2-5-22-28-20(15-32-22)16-10-13-26-14-11-16/h6-11,13-15H,1-5,12H2,(H,27,31). The number of carbonyl (C=O) groups is 1. The Kier molecular flexibility index (Phi) is 5.77. The minimum Gasteiger partial charge on any atom is -0.351 e. The molecule has 5 rings (SSSR count). The number of aryl methyl sites for hydroxylation is 1. The fourth-order valence-electron chi connectivity index (χ4n) is 4.02. The highest BCUT2D eigenvalue weighted by molar-refractivity contribution is 7.09. The number of pyridine rings is 1. The van der Waals surface area contributed by atoms with Crippen molar-refractivity contribution in [3.8, 4) is 16.9 Å². The van der Waals surface area contributed by atoms with Gasteiger partial charge in [-0.2, -0.15) is 5.10 Å². The molecule has 3 aromatic heterocycles. The summed E-state index contributed by atoms with van der Waals surface area (Å²) in [6.45, 7) is 0.557. The molecule has 4 aromatic rings. The second-order valence-electron chi connectivity index (χ2n) is 7.74. The SMILES string of the molecule is O=C(NCCCc1nc(-c2ccncc2)cs1)c1nn(-c2ccc(F)cc2)c2c1CCC2. The van der Waals surface area contributed by atoms with Gasteiger partial charge in [0.1, 0.15) is 5.82 Å². The molecule has 0 spiro atoms. The number of nitrogens with one attached hydrogen (secondary N) is 1. The van der Waals surface area contributed by atoms with Crippen molar-refractivity contribution < 1.29 is 9.18 Å². The third kappa shape index (κ3) is 4.18. The van der Waals surface area contributed by atoms with E-state index >= 15 is 0 Å². The number of carbonyl (C=O) groups excluding carboxylic acids is 1. The number of rotatable bonds is 7. The molecule has 0 atom stereocenters. The third-order valence-corrected chi connectivity index (χ3v) is 6.51. The lowest BCUT2D eigenvalue weighted by Crippen LogP contribution is -2.26. The van der Waals surface area contributed by atoms with Gasteiger partial charge in [0.05, 0.1) is 16.4 Å². The van der Waals surface area contributed by atoms with E-state index < -0.39 is 0 Å². The molecule has 0 unspecified atom stereocenters. The van der Waals surface area contributed by atoms with Gasteiger partial charge in [0, 0.05) is 47.6 Å². The Labute approximate surface area is 189 Å². The van der Waals surface area contributed by atoms with Gasteiger partial charge in [-0.1, -0.05) is 0 Å². The Hall–Kier alpha value is -3.39. The molecular weight excluding hydrogens is 425 g/mol. The van der Waals surface area contributed by atoms with Crippen LogP contribution in [-0.4, -0.2) is 32.2 Å². The van der Waals surface area contributed by atoms with Crippen LogP contribution in [0.25, 0.3) is 16.9 Å². The Morgan fingerprint density at radius 1 is 1.12 bits per heavy atom. The van der Waals surface area contributed by atoms with E-state index in [1.54, 1.807) is 40.5 Å². The van der Waals surface area contributed by atoms with E-state index in [2.05, 4.69) is 25.8 Å². The summed E-state index contributed by atoms with van der Waals surface area (Å²) in [7, 11) is 0. The Morgan fingerprint density at radius 2 is 1.94 bits per heavy atom. The zero-order valence-corrected chi connectivity index (χ0v) is 18.2. The maximum absolute atomic E-state index is 13.3. The van der Waals surface area contributed by atoms with E-state index in [0.29, 0.717) is 12.2 Å². The first kappa shape index (κ1) is 20.5. The van der Waals surface area contributed by atoms with Gasteiger partial charge < -0.3 is 5.32 Å². The molecule has 0 bridgehead atoms. The Morgan fingerprint density at radius 3 is 2.75 bits per heavy atom. The average molecular weight is 448 g/mol. The van der Waals surface area contributed by atoms with Crippen LogP contribution in [0.2, 0.25) is 0 Å². The van der Waals surface area contributed by atoms with Crippen LogP contribution < -0.4 is 5.32 Å². The van der Waals surface area contributed by atoms with E-state index in [4.69, 9.17) is 0 Å². The topological polar surface area (TPSA) is 72.7 Å². The number of amides is 1. The molecular formula is C24H22FN5OS. The summed E-state index contributed by atoms with van der Waals surface area (Å²) in [5, 5.41) is 10.7. The van der Waals surface area contributed by atoms with Crippen molar-refractivity contribution >= 4 is 17.2 Å². The smallest absolute Gasteiger partial charge is 0.272 e. The van der Waals surface area contributed by atoms with Crippen LogP contribution >= 0.6 is 11.3 Å². The summed E-state index contributed by atoms with van der Waals surface area (Å²) in [5.41, 5.74) is 5.33. The van der Waals surface area contributed by atoms with E-state index in [1.807, 2.05) is 12.1 Å². The minimum absolute atomic E-state index is 0.152. The number of nitrogens with zero attached hydrogens (tertiary/aromatic N) is 4. The normalized spacial score (nSPS) is 12.7. The molecule has 0 saturated heterocycles. The van der Waals surface area contributed by atoms with Crippen molar-refractivity contribution in [2.24, 2.45) is 0 Å². The minimum atomic E-state index is -0.288. The number of hydrogen-bond acceptors (Lipinski definition) is 5. The third-order valence-electron chi connectivity index (χ3n) is 5.60. The molecule has 0 aliphatic heterocycles. The van der Waals surface area contributed by atoms with Gasteiger partial charge in [-0.3, -0.25) is 9.78 Å². The zero-order chi connectivity index (χ0) is 21.9. The van der Waals surface area contributed by atoms with E-state index in [1.165, 1.54) is 12.1 Å². The highest BCUT2D eigenvalue weighted by atomic mass is 32.1. The highest BCUT2D eigenvalue weighted by Crippen LogP contribution is 2.28. The maximum atomic E-state index is 13.3. The van der Waals surface area contributed by atoms with E-state index in [9.17, 15) is 9.18 Å². The van der Waals surface area contributed by atoms with Gasteiger partial charge in [-0.25, -0.2) is 14.1 Å². The van der Waals surface area contributed by atoms with E-state index in [-0.39, 0.29) is 11.7 Å². The first-order chi connectivity index (χ1) is 15.7. The molecule has 1 aromatic carbocycles. The maximum Gasteiger partial charge on any atom is 0.272 e. The van der Waals surface area contributed by atoms with Crippen LogP contribution in [-0.2, 0) is 19.3 Å². The van der Waals surface area contributed by atoms with Crippen LogP contribution in [0, 0.1) is 5.82 Å². The van der Waals surface area contributed by atoms with E-state index in [0.717, 1.165) is 65.3 Å². The number of aromatic nitrogens is 4. The molecule has 1 amide bonds. The van der Waals surface area contributed by atoms with Gasteiger partial charge >= 0.3 is 0 Å². The van der Waals surface area contributed by atoms with Crippen molar-refractivity contribution in [3.63, 3.8) is 0 Å².